The second-order valence-corrected chi connectivity index (χ2v) is 5.09. The van der Waals surface area contributed by atoms with Gasteiger partial charge in [0.2, 0.25) is 10.0 Å². The van der Waals surface area contributed by atoms with Gasteiger partial charge >= 0.3 is 5.97 Å². The first-order valence-corrected chi connectivity index (χ1v) is 6.19. The van der Waals surface area contributed by atoms with E-state index in [2.05, 4.69) is 9.71 Å². The highest BCUT2D eigenvalue weighted by Gasteiger charge is 2.12. The van der Waals surface area contributed by atoms with Gasteiger partial charge in [-0.25, -0.2) is 8.42 Å². The number of nitrogens with zero attached hydrogens (tertiary/aromatic N) is 1. The molecule has 0 aromatic carbocycles. The number of nitrogens with one attached hydrogen (secondary N) is 1. The molecule has 1 aromatic heterocycles. The Morgan fingerprint density at radius 1 is 1.56 bits per heavy atom. The van der Waals surface area contributed by atoms with Crippen molar-refractivity contribution in [3.8, 4) is 0 Å². The van der Waals surface area contributed by atoms with Crippen molar-refractivity contribution in [3.63, 3.8) is 0 Å². The molecule has 0 fully saturated rings. The zero-order valence-electron chi connectivity index (χ0n) is 8.67. The van der Waals surface area contributed by atoms with E-state index in [1.165, 1.54) is 12.3 Å². The van der Waals surface area contributed by atoms with Crippen LogP contribution >= 0.6 is 0 Å². The van der Waals surface area contributed by atoms with E-state index in [1.807, 2.05) is 0 Å². The number of aryl methyl sites for hydroxylation is 1. The Balaban J connectivity index is 2.69. The minimum Gasteiger partial charge on any atom is -0.481 e. The van der Waals surface area contributed by atoms with Crippen molar-refractivity contribution in [3.05, 3.63) is 24.0 Å². The molecule has 1 rings (SSSR count). The van der Waals surface area contributed by atoms with E-state index in [1.54, 1.807) is 13.0 Å². The number of sulfonamides is 1. The number of carboxylic acids is 1. The highest BCUT2D eigenvalue weighted by Crippen LogP contribution is 2.09. The number of carboxylic acid groups (broad SMARTS) is 1. The third-order valence-electron chi connectivity index (χ3n) is 1.75. The molecule has 7 heteroatoms. The first-order valence-electron chi connectivity index (χ1n) is 4.54. The standard InChI is InChI=1S/C9H12N2O4S/c1-7-6-8(2-4-10-7)11-16(14,15)5-3-9(12)13/h2,4,6H,3,5H2,1H3,(H,10,11)(H,12,13). The molecule has 2 N–H and O–H groups in total. The van der Waals surface area contributed by atoms with Crippen molar-refractivity contribution in [1.29, 1.82) is 0 Å². The minimum atomic E-state index is -3.61. The van der Waals surface area contributed by atoms with Crippen LogP contribution < -0.4 is 4.72 Å². The Labute approximate surface area is 93.4 Å². The minimum absolute atomic E-state index is 0.387. The van der Waals surface area contributed by atoms with Crippen LogP contribution in [0.3, 0.4) is 0 Å². The maximum Gasteiger partial charge on any atom is 0.304 e. The molecular weight excluding hydrogens is 232 g/mol. The summed E-state index contributed by atoms with van der Waals surface area (Å²) in [6, 6.07) is 3.07. The molecule has 0 spiro atoms. The predicted octanol–water partition coefficient (Wildman–Crippen LogP) is 0.606. The van der Waals surface area contributed by atoms with E-state index in [9.17, 15) is 13.2 Å². The summed E-state index contributed by atoms with van der Waals surface area (Å²) in [7, 11) is -3.61. The third kappa shape index (κ3) is 4.26. The molecular formula is C9H12N2O4S. The molecule has 0 aliphatic rings. The second kappa shape index (κ2) is 4.93. The summed E-state index contributed by atoms with van der Waals surface area (Å²) in [5.74, 6) is -1.58. The summed E-state index contributed by atoms with van der Waals surface area (Å²) in [5, 5.41) is 8.38. The average Bonchev–Trinajstić information content (AvgIpc) is 2.14. The number of carbonyl (C=O) groups is 1. The largest absolute Gasteiger partial charge is 0.481 e. The van der Waals surface area contributed by atoms with E-state index in [-0.39, 0.29) is 0 Å². The molecule has 0 bridgehead atoms. The summed E-state index contributed by atoms with van der Waals surface area (Å²) in [4.78, 5) is 14.2. The fraction of sp³-hybridized carbons (Fsp3) is 0.333. The van der Waals surface area contributed by atoms with Crippen LogP contribution in [-0.4, -0.2) is 30.2 Å². The number of aromatic nitrogens is 1. The molecule has 16 heavy (non-hydrogen) atoms. The zero-order valence-corrected chi connectivity index (χ0v) is 9.49. The van der Waals surface area contributed by atoms with E-state index >= 15 is 0 Å². The van der Waals surface area contributed by atoms with Crippen LogP contribution in [0.5, 0.6) is 0 Å². The van der Waals surface area contributed by atoms with Gasteiger partial charge in [-0.15, -0.1) is 0 Å². The quantitative estimate of drug-likeness (QED) is 0.790. The zero-order chi connectivity index (χ0) is 12.2. The SMILES string of the molecule is Cc1cc(NS(=O)(=O)CCC(=O)O)ccn1. The van der Waals surface area contributed by atoms with E-state index < -0.39 is 28.2 Å². The van der Waals surface area contributed by atoms with Crippen molar-refractivity contribution < 1.29 is 18.3 Å². The lowest BCUT2D eigenvalue weighted by Crippen LogP contribution is -2.18. The van der Waals surface area contributed by atoms with E-state index in [0.29, 0.717) is 11.4 Å². The Bertz CT molecular complexity index is 484. The van der Waals surface area contributed by atoms with Crippen molar-refractivity contribution in [2.45, 2.75) is 13.3 Å². The molecule has 0 saturated heterocycles. The monoisotopic (exact) mass is 244 g/mol. The molecule has 0 radical (unpaired) electrons. The summed E-state index contributed by atoms with van der Waals surface area (Å²) in [5.41, 5.74) is 1.07. The topological polar surface area (TPSA) is 96.4 Å². The first-order chi connectivity index (χ1) is 7.39. The molecule has 1 heterocycles. The summed E-state index contributed by atoms with van der Waals surface area (Å²) >= 11 is 0. The maximum atomic E-state index is 11.4. The predicted molar refractivity (Wildman–Crippen MR) is 58.6 cm³/mol. The Hall–Kier alpha value is -1.63. The smallest absolute Gasteiger partial charge is 0.304 e. The lowest BCUT2D eigenvalue weighted by Gasteiger charge is -2.06. The number of aliphatic carboxylic acids is 1. The molecule has 0 amide bonds. The fourth-order valence-electron chi connectivity index (χ4n) is 1.06. The lowest BCUT2D eigenvalue weighted by atomic mass is 10.3. The molecule has 0 atom stereocenters. The maximum absolute atomic E-state index is 11.4. The van der Waals surface area contributed by atoms with Crippen LogP contribution in [0.2, 0.25) is 0 Å². The van der Waals surface area contributed by atoms with Crippen LogP contribution in [0, 0.1) is 6.92 Å². The highest BCUT2D eigenvalue weighted by molar-refractivity contribution is 7.92. The molecule has 0 saturated carbocycles. The fourth-order valence-corrected chi connectivity index (χ4v) is 2.09. The second-order valence-electron chi connectivity index (χ2n) is 3.25. The van der Waals surface area contributed by atoms with Crippen LogP contribution in [0.1, 0.15) is 12.1 Å². The van der Waals surface area contributed by atoms with Gasteiger partial charge in [-0.1, -0.05) is 0 Å². The first kappa shape index (κ1) is 12.4. The van der Waals surface area contributed by atoms with Gasteiger partial charge in [0.1, 0.15) is 0 Å². The molecule has 6 nitrogen and oxygen atoms in total. The Morgan fingerprint density at radius 3 is 2.81 bits per heavy atom. The lowest BCUT2D eigenvalue weighted by molar-refractivity contribution is -0.136. The van der Waals surface area contributed by atoms with Gasteiger partial charge in [0.05, 0.1) is 17.9 Å². The van der Waals surface area contributed by atoms with Gasteiger partial charge in [0, 0.05) is 11.9 Å². The van der Waals surface area contributed by atoms with Crippen LogP contribution in [0.4, 0.5) is 5.69 Å². The molecule has 1 aromatic rings. The van der Waals surface area contributed by atoms with Gasteiger partial charge in [-0.3, -0.25) is 14.5 Å². The number of rotatable bonds is 5. The van der Waals surface area contributed by atoms with Crippen LogP contribution in [0.15, 0.2) is 18.3 Å². The molecule has 88 valence electrons. The van der Waals surface area contributed by atoms with Crippen molar-refractivity contribution >= 4 is 21.7 Å². The summed E-state index contributed by atoms with van der Waals surface area (Å²) in [6.07, 6.45) is 1.06. The summed E-state index contributed by atoms with van der Waals surface area (Å²) < 4.78 is 25.1. The van der Waals surface area contributed by atoms with Crippen LogP contribution in [0.25, 0.3) is 0 Å². The Kier molecular flexibility index (Phi) is 3.83. The number of anilines is 1. The van der Waals surface area contributed by atoms with Crippen LogP contribution in [-0.2, 0) is 14.8 Å². The highest BCUT2D eigenvalue weighted by atomic mass is 32.2. The van der Waals surface area contributed by atoms with Gasteiger partial charge in [-0.2, -0.15) is 0 Å². The normalized spacial score (nSPS) is 11.1. The Morgan fingerprint density at radius 2 is 2.25 bits per heavy atom. The number of hydrogen-bond donors (Lipinski definition) is 2. The van der Waals surface area contributed by atoms with E-state index in [4.69, 9.17) is 5.11 Å². The average molecular weight is 244 g/mol. The van der Waals surface area contributed by atoms with Crippen molar-refractivity contribution in [1.82, 2.24) is 4.98 Å². The third-order valence-corrected chi connectivity index (χ3v) is 3.04. The molecule has 0 aliphatic carbocycles. The van der Waals surface area contributed by atoms with Crippen molar-refractivity contribution in [2.75, 3.05) is 10.5 Å². The van der Waals surface area contributed by atoms with E-state index in [0.717, 1.165) is 0 Å². The van der Waals surface area contributed by atoms with Gasteiger partial charge < -0.3 is 5.11 Å². The summed E-state index contributed by atoms with van der Waals surface area (Å²) in [6.45, 7) is 1.73. The van der Waals surface area contributed by atoms with Gasteiger partial charge in [0.25, 0.3) is 0 Å². The molecule has 0 unspecified atom stereocenters. The molecule has 0 aliphatic heterocycles. The van der Waals surface area contributed by atoms with Crippen molar-refractivity contribution in [2.24, 2.45) is 0 Å². The van der Waals surface area contributed by atoms with Gasteiger partial charge in [-0.05, 0) is 19.1 Å². The number of pyridine rings is 1. The number of hydrogen-bond acceptors (Lipinski definition) is 4. The van der Waals surface area contributed by atoms with Gasteiger partial charge in [0.15, 0.2) is 0 Å².